The predicted octanol–water partition coefficient (Wildman–Crippen LogP) is 1.21. The first-order chi connectivity index (χ1) is 7.29. The standard InChI is InChI=1S/C11H23NO2S/c1-12(6-8-14-9-7-13)10-4-3-5-11(10)15-2/h10-11,13H,3-9H2,1-2H3/t10-,11+/m0/s1. The van der Waals surface area contributed by atoms with E-state index in [1.165, 1.54) is 19.3 Å². The van der Waals surface area contributed by atoms with Gasteiger partial charge < -0.3 is 14.7 Å². The third kappa shape index (κ3) is 4.31. The van der Waals surface area contributed by atoms with Gasteiger partial charge in [-0.25, -0.2) is 0 Å². The lowest BCUT2D eigenvalue weighted by Gasteiger charge is -2.28. The van der Waals surface area contributed by atoms with E-state index in [0.717, 1.165) is 24.4 Å². The minimum absolute atomic E-state index is 0.126. The van der Waals surface area contributed by atoms with Gasteiger partial charge >= 0.3 is 0 Å². The molecule has 90 valence electrons. The van der Waals surface area contributed by atoms with E-state index in [4.69, 9.17) is 9.84 Å². The molecular weight excluding hydrogens is 210 g/mol. The van der Waals surface area contributed by atoms with Gasteiger partial charge in [-0.1, -0.05) is 6.42 Å². The molecule has 0 bridgehead atoms. The van der Waals surface area contributed by atoms with Gasteiger partial charge in [-0.05, 0) is 26.1 Å². The average Bonchev–Trinajstić information content (AvgIpc) is 2.72. The van der Waals surface area contributed by atoms with Gasteiger partial charge in [-0.3, -0.25) is 0 Å². The van der Waals surface area contributed by atoms with E-state index in [-0.39, 0.29) is 6.61 Å². The molecule has 2 atom stereocenters. The number of aliphatic hydroxyl groups is 1. The molecule has 0 saturated heterocycles. The van der Waals surface area contributed by atoms with Gasteiger partial charge in [-0.15, -0.1) is 0 Å². The maximum Gasteiger partial charge on any atom is 0.0698 e. The Kier molecular flexibility index (Phi) is 6.64. The smallest absolute Gasteiger partial charge is 0.0698 e. The fourth-order valence-corrected chi connectivity index (χ4v) is 3.29. The number of thioether (sulfide) groups is 1. The highest BCUT2D eigenvalue weighted by Crippen LogP contribution is 2.31. The number of nitrogens with zero attached hydrogens (tertiary/aromatic N) is 1. The first kappa shape index (κ1) is 13.3. The Balaban J connectivity index is 2.17. The Labute approximate surface area is 97.2 Å². The van der Waals surface area contributed by atoms with E-state index < -0.39 is 0 Å². The first-order valence-electron chi connectivity index (χ1n) is 5.71. The van der Waals surface area contributed by atoms with Gasteiger partial charge in [0.1, 0.15) is 0 Å². The Bertz CT molecular complexity index is 169. The summed E-state index contributed by atoms with van der Waals surface area (Å²) >= 11 is 1.99. The van der Waals surface area contributed by atoms with Crippen molar-refractivity contribution in [3.8, 4) is 0 Å². The van der Waals surface area contributed by atoms with Crippen molar-refractivity contribution in [1.29, 1.82) is 0 Å². The van der Waals surface area contributed by atoms with Crippen molar-refractivity contribution in [3.63, 3.8) is 0 Å². The molecular formula is C11H23NO2S. The van der Waals surface area contributed by atoms with E-state index in [1.54, 1.807) is 0 Å². The topological polar surface area (TPSA) is 32.7 Å². The highest BCUT2D eigenvalue weighted by atomic mass is 32.2. The number of rotatable bonds is 7. The number of hydrogen-bond donors (Lipinski definition) is 1. The summed E-state index contributed by atoms with van der Waals surface area (Å²) in [5, 5.41) is 9.38. The molecule has 0 aromatic carbocycles. The second-order valence-electron chi connectivity index (χ2n) is 4.09. The van der Waals surface area contributed by atoms with Gasteiger partial charge in [0.15, 0.2) is 0 Å². The molecule has 1 fully saturated rings. The summed E-state index contributed by atoms with van der Waals surface area (Å²) in [5.74, 6) is 0. The summed E-state index contributed by atoms with van der Waals surface area (Å²) < 4.78 is 5.28. The molecule has 0 aliphatic heterocycles. The quantitative estimate of drug-likeness (QED) is 0.670. The summed E-state index contributed by atoms with van der Waals surface area (Å²) in [5.41, 5.74) is 0. The molecule has 0 heterocycles. The van der Waals surface area contributed by atoms with Crippen molar-refractivity contribution < 1.29 is 9.84 Å². The molecule has 0 unspecified atom stereocenters. The first-order valence-corrected chi connectivity index (χ1v) is 7.00. The minimum atomic E-state index is 0.126. The van der Waals surface area contributed by atoms with Crippen LogP contribution in [0.15, 0.2) is 0 Å². The summed E-state index contributed by atoms with van der Waals surface area (Å²) in [6.45, 7) is 2.29. The summed E-state index contributed by atoms with van der Waals surface area (Å²) in [6, 6.07) is 0.720. The van der Waals surface area contributed by atoms with Crippen LogP contribution in [0.3, 0.4) is 0 Å². The maximum absolute atomic E-state index is 8.58. The third-order valence-corrected chi connectivity index (χ3v) is 4.27. The fourth-order valence-electron chi connectivity index (χ4n) is 2.23. The third-order valence-electron chi connectivity index (χ3n) is 3.11. The van der Waals surface area contributed by atoms with Crippen LogP contribution in [-0.2, 0) is 4.74 Å². The van der Waals surface area contributed by atoms with Crippen LogP contribution < -0.4 is 0 Å². The Hall–Kier alpha value is 0.230. The Morgan fingerprint density at radius 2 is 2.20 bits per heavy atom. The molecule has 1 rings (SSSR count). The number of hydrogen-bond acceptors (Lipinski definition) is 4. The molecule has 1 N–H and O–H groups in total. The van der Waals surface area contributed by atoms with Crippen molar-refractivity contribution in [1.82, 2.24) is 4.90 Å². The summed E-state index contributed by atoms with van der Waals surface area (Å²) in [4.78, 5) is 2.41. The van der Waals surface area contributed by atoms with Gasteiger partial charge in [0.05, 0.1) is 19.8 Å². The molecule has 1 saturated carbocycles. The molecule has 0 spiro atoms. The van der Waals surface area contributed by atoms with Crippen molar-refractivity contribution >= 4 is 11.8 Å². The summed E-state index contributed by atoms with van der Waals surface area (Å²) in [7, 11) is 2.18. The number of ether oxygens (including phenoxy) is 1. The molecule has 1 aliphatic carbocycles. The zero-order valence-electron chi connectivity index (χ0n) is 9.82. The second-order valence-corrected chi connectivity index (χ2v) is 5.17. The van der Waals surface area contributed by atoms with E-state index in [9.17, 15) is 0 Å². The molecule has 15 heavy (non-hydrogen) atoms. The molecule has 0 aromatic rings. The van der Waals surface area contributed by atoms with Crippen molar-refractivity contribution in [3.05, 3.63) is 0 Å². The minimum Gasteiger partial charge on any atom is -0.394 e. The zero-order chi connectivity index (χ0) is 11.1. The lowest BCUT2D eigenvalue weighted by Crippen LogP contribution is -2.38. The molecule has 1 aliphatic rings. The van der Waals surface area contributed by atoms with Gasteiger partial charge in [0.2, 0.25) is 0 Å². The van der Waals surface area contributed by atoms with E-state index in [0.29, 0.717) is 6.61 Å². The highest BCUT2D eigenvalue weighted by Gasteiger charge is 2.29. The van der Waals surface area contributed by atoms with Crippen LogP contribution in [0.1, 0.15) is 19.3 Å². The second kappa shape index (κ2) is 7.49. The molecule has 0 amide bonds. The van der Waals surface area contributed by atoms with Crippen molar-refractivity contribution in [2.24, 2.45) is 0 Å². The van der Waals surface area contributed by atoms with Gasteiger partial charge in [0.25, 0.3) is 0 Å². The maximum atomic E-state index is 8.58. The fraction of sp³-hybridized carbons (Fsp3) is 1.00. The van der Waals surface area contributed by atoms with E-state index in [1.807, 2.05) is 11.8 Å². The Morgan fingerprint density at radius 3 is 2.87 bits per heavy atom. The van der Waals surface area contributed by atoms with Crippen LogP contribution in [0.25, 0.3) is 0 Å². The number of aliphatic hydroxyl groups excluding tert-OH is 1. The molecule has 0 radical (unpaired) electrons. The van der Waals surface area contributed by atoms with Crippen LogP contribution in [-0.4, -0.2) is 61.0 Å². The average molecular weight is 233 g/mol. The van der Waals surface area contributed by atoms with Crippen molar-refractivity contribution in [2.45, 2.75) is 30.6 Å². The normalized spacial score (nSPS) is 26.4. The van der Waals surface area contributed by atoms with Crippen molar-refractivity contribution in [2.75, 3.05) is 39.7 Å². The molecule has 3 nitrogen and oxygen atoms in total. The van der Waals surface area contributed by atoms with Crippen LogP contribution in [0.2, 0.25) is 0 Å². The van der Waals surface area contributed by atoms with E-state index in [2.05, 4.69) is 18.2 Å². The van der Waals surface area contributed by atoms with Crippen LogP contribution >= 0.6 is 11.8 Å². The highest BCUT2D eigenvalue weighted by molar-refractivity contribution is 7.99. The number of likely N-dealkylation sites (N-methyl/N-ethyl adjacent to an activating group) is 1. The summed E-state index contributed by atoms with van der Waals surface area (Å²) in [6.07, 6.45) is 6.24. The molecule has 0 aromatic heterocycles. The monoisotopic (exact) mass is 233 g/mol. The van der Waals surface area contributed by atoms with Gasteiger partial charge in [-0.2, -0.15) is 11.8 Å². The van der Waals surface area contributed by atoms with Crippen LogP contribution in [0.4, 0.5) is 0 Å². The Morgan fingerprint density at radius 1 is 1.40 bits per heavy atom. The lowest BCUT2D eigenvalue weighted by atomic mass is 10.2. The van der Waals surface area contributed by atoms with E-state index >= 15 is 0 Å². The zero-order valence-corrected chi connectivity index (χ0v) is 10.6. The SMILES string of the molecule is CS[C@@H]1CCC[C@@H]1N(C)CCOCCO. The van der Waals surface area contributed by atoms with Crippen LogP contribution in [0, 0.1) is 0 Å². The van der Waals surface area contributed by atoms with Crippen LogP contribution in [0.5, 0.6) is 0 Å². The lowest BCUT2D eigenvalue weighted by molar-refractivity contribution is 0.0714. The van der Waals surface area contributed by atoms with Gasteiger partial charge in [0, 0.05) is 17.8 Å². The molecule has 4 heteroatoms. The predicted molar refractivity (Wildman–Crippen MR) is 65.5 cm³/mol. The largest absolute Gasteiger partial charge is 0.394 e.